The Kier molecular flexibility index (Phi) is 5.96. The predicted octanol–water partition coefficient (Wildman–Crippen LogP) is 5.98. The number of aromatic nitrogens is 3. The molecule has 8 heteroatoms. The first-order valence-electron chi connectivity index (χ1n) is 10.8. The fourth-order valence-corrected chi connectivity index (χ4v) is 5.41. The summed E-state index contributed by atoms with van der Waals surface area (Å²) in [5.41, 5.74) is 6.62. The smallest absolute Gasteiger partial charge is 0.347 e. The summed E-state index contributed by atoms with van der Waals surface area (Å²) in [5.74, 6) is -0.883. The first kappa shape index (κ1) is 23.0. The van der Waals surface area contributed by atoms with Crippen molar-refractivity contribution in [2.45, 2.75) is 13.3 Å². The fourth-order valence-electron chi connectivity index (χ4n) is 4.15. The van der Waals surface area contributed by atoms with E-state index in [2.05, 4.69) is 4.98 Å². The second-order valence-electron chi connectivity index (χ2n) is 8.31. The highest BCUT2D eigenvalue weighted by atomic mass is 35.5. The van der Waals surface area contributed by atoms with Crippen LogP contribution in [0, 0.1) is 6.92 Å². The molecule has 0 aliphatic rings. The van der Waals surface area contributed by atoms with E-state index in [9.17, 15) is 14.7 Å². The van der Waals surface area contributed by atoms with Gasteiger partial charge >= 0.3 is 11.7 Å². The summed E-state index contributed by atoms with van der Waals surface area (Å²) in [4.78, 5) is 32.2. The average molecular weight is 502 g/mol. The Morgan fingerprint density at radius 3 is 2.51 bits per heavy atom. The Morgan fingerprint density at radius 1 is 1.06 bits per heavy atom. The van der Waals surface area contributed by atoms with Crippen LogP contribution in [-0.2, 0) is 18.3 Å². The van der Waals surface area contributed by atoms with Gasteiger partial charge in [0.2, 0.25) is 0 Å². The first-order chi connectivity index (χ1) is 16.8. The van der Waals surface area contributed by atoms with Gasteiger partial charge in [0.05, 0.1) is 16.6 Å². The minimum Gasteiger partial charge on any atom is -0.481 e. The molecular formula is C27H20ClN3O3S. The molecule has 2 heterocycles. The number of fused-ring (bicyclic) bond motifs is 1. The lowest BCUT2D eigenvalue weighted by Gasteiger charge is -2.13. The summed E-state index contributed by atoms with van der Waals surface area (Å²) in [6.07, 6.45) is 3.25. The zero-order valence-electron chi connectivity index (χ0n) is 18.9. The molecule has 2 aromatic heterocycles. The lowest BCUT2D eigenvalue weighted by Crippen LogP contribution is -2.18. The summed E-state index contributed by atoms with van der Waals surface area (Å²) >= 11 is 7.64. The third-order valence-corrected chi connectivity index (χ3v) is 7.25. The van der Waals surface area contributed by atoms with Crippen LogP contribution in [0.15, 0.2) is 71.8 Å². The molecule has 0 saturated heterocycles. The number of nitrogens with zero attached hydrogens (tertiary/aromatic N) is 3. The molecule has 0 aliphatic carbocycles. The highest BCUT2D eigenvalue weighted by Gasteiger charge is 2.19. The number of aryl methyl sites for hydroxylation is 2. The summed E-state index contributed by atoms with van der Waals surface area (Å²) < 4.78 is 2.38. The van der Waals surface area contributed by atoms with E-state index in [4.69, 9.17) is 16.6 Å². The molecule has 35 heavy (non-hydrogen) atoms. The predicted molar refractivity (Wildman–Crippen MR) is 140 cm³/mol. The largest absolute Gasteiger partial charge is 0.481 e. The molecule has 0 fully saturated rings. The second-order valence-corrected chi connectivity index (χ2v) is 9.74. The van der Waals surface area contributed by atoms with Gasteiger partial charge in [-0.2, -0.15) is 0 Å². The number of aliphatic carboxylic acids is 1. The number of carbonyl (C=O) groups is 1. The Hall–Kier alpha value is -3.81. The van der Waals surface area contributed by atoms with Crippen molar-refractivity contribution in [3.8, 4) is 32.8 Å². The normalized spacial score (nSPS) is 11.2. The number of halogens is 1. The number of carboxylic acid groups (broad SMARTS) is 1. The van der Waals surface area contributed by atoms with Crippen LogP contribution in [0.3, 0.4) is 0 Å². The molecule has 0 bridgehead atoms. The number of thiazole rings is 1. The van der Waals surface area contributed by atoms with Crippen LogP contribution in [0.5, 0.6) is 0 Å². The molecule has 5 rings (SSSR count). The number of benzene rings is 3. The lowest BCUT2D eigenvalue weighted by atomic mass is 9.93. The van der Waals surface area contributed by atoms with Crippen molar-refractivity contribution >= 4 is 39.1 Å². The van der Waals surface area contributed by atoms with Crippen molar-refractivity contribution < 1.29 is 9.90 Å². The van der Waals surface area contributed by atoms with Gasteiger partial charge in [-0.05, 0) is 53.4 Å². The van der Waals surface area contributed by atoms with Gasteiger partial charge in [-0.15, -0.1) is 11.3 Å². The van der Waals surface area contributed by atoms with E-state index in [1.54, 1.807) is 19.4 Å². The molecule has 0 amide bonds. The monoisotopic (exact) mass is 501 g/mol. The Balaban J connectivity index is 1.69. The van der Waals surface area contributed by atoms with Crippen LogP contribution in [0.25, 0.3) is 43.0 Å². The molecule has 0 spiro atoms. The zero-order valence-corrected chi connectivity index (χ0v) is 20.5. The van der Waals surface area contributed by atoms with Crippen LogP contribution in [0.1, 0.15) is 11.1 Å². The quantitative estimate of drug-likeness (QED) is 0.320. The Bertz CT molecular complexity index is 1660. The number of hydrogen-bond acceptors (Lipinski definition) is 5. The summed E-state index contributed by atoms with van der Waals surface area (Å²) in [7, 11) is 1.67. The van der Waals surface area contributed by atoms with Gasteiger partial charge in [0.25, 0.3) is 0 Å². The van der Waals surface area contributed by atoms with Gasteiger partial charge in [-0.25, -0.2) is 14.8 Å². The van der Waals surface area contributed by atoms with Crippen molar-refractivity contribution in [2.24, 2.45) is 7.05 Å². The van der Waals surface area contributed by atoms with Gasteiger partial charge in [-0.3, -0.25) is 4.79 Å². The summed E-state index contributed by atoms with van der Waals surface area (Å²) in [6, 6.07) is 17.3. The third-order valence-electron chi connectivity index (χ3n) is 5.86. The molecule has 3 aromatic carbocycles. The van der Waals surface area contributed by atoms with Gasteiger partial charge in [0.1, 0.15) is 5.01 Å². The number of carboxylic acids is 1. The molecule has 1 N–H and O–H groups in total. The minimum atomic E-state index is -0.883. The molecule has 0 unspecified atom stereocenters. The van der Waals surface area contributed by atoms with E-state index in [0.29, 0.717) is 5.02 Å². The molecule has 0 atom stereocenters. The average Bonchev–Trinajstić information content (AvgIpc) is 3.25. The second kappa shape index (κ2) is 9.09. The third kappa shape index (κ3) is 4.48. The Labute approximate surface area is 210 Å². The van der Waals surface area contributed by atoms with E-state index >= 15 is 0 Å². The molecule has 5 aromatic rings. The van der Waals surface area contributed by atoms with Crippen molar-refractivity contribution in [3.63, 3.8) is 0 Å². The number of rotatable bonds is 5. The minimum absolute atomic E-state index is 0.0812. The highest BCUT2D eigenvalue weighted by molar-refractivity contribution is 7.22. The summed E-state index contributed by atoms with van der Waals surface area (Å²) in [6.45, 7) is 1.92. The van der Waals surface area contributed by atoms with Crippen LogP contribution in [0.4, 0.5) is 0 Å². The van der Waals surface area contributed by atoms with Gasteiger partial charge in [-0.1, -0.05) is 41.9 Å². The van der Waals surface area contributed by atoms with E-state index in [0.717, 1.165) is 54.2 Å². The molecule has 174 valence electrons. The van der Waals surface area contributed by atoms with E-state index in [1.807, 2.05) is 61.5 Å². The van der Waals surface area contributed by atoms with Gasteiger partial charge < -0.3 is 9.67 Å². The van der Waals surface area contributed by atoms with Gasteiger partial charge in [0.15, 0.2) is 0 Å². The van der Waals surface area contributed by atoms with E-state index < -0.39 is 5.97 Å². The maximum Gasteiger partial charge on any atom is 0.347 e. The topological polar surface area (TPSA) is 85.1 Å². The van der Waals surface area contributed by atoms with Crippen LogP contribution >= 0.6 is 22.9 Å². The van der Waals surface area contributed by atoms with Crippen LogP contribution in [0.2, 0.25) is 5.02 Å². The van der Waals surface area contributed by atoms with Crippen LogP contribution < -0.4 is 5.69 Å². The molecule has 0 saturated carbocycles. The van der Waals surface area contributed by atoms with Crippen molar-refractivity contribution in [2.75, 3.05) is 0 Å². The maximum absolute atomic E-state index is 11.7. The van der Waals surface area contributed by atoms with Crippen molar-refractivity contribution in [1.82, 2.24) is 14.5 Å². The maximum atomic E-state index is 11.7. The first-order valence-corrected chi connectivity index (χ1v) is 12.0. The van der Waals surface area contributed by atoms with Gasteiger partial charge in [0, 0.05) is 41.2 Å². The highest BCUT2D eigenvalue weighted by Crippen LogP contribution is 2.41. The molecular weight excluding hydrogens is 482 g/mol. The van der Waals surface area contributed by atoms with E-state index in [-0.39, 0.29) is 12.1 Å². The van der Waals surface area contributed by atoms with Crippen LogP contribution in [-0.4, -0.2) is 25.6 Å². The standard InChI is InChI=1S/C27H20ClN3O3S/c1-15-10-22-25(24(21(15)12-23(32)33)16-6-8-20(28)9-7-16)35-26(30-22)18-5-3-4-17(11-18)19-13-29-27(34)31(2)14-19/h3-11,13-14H,12H2,1-2H3,(H,32,33). The van der Waals surface area contributed by atoms with E-state index in [1.165, 1.54) is 15.9 Å². The number of hydrogen-bond donors (Lipinski definition) is 1. The van der Waals surface area contributed by atoms with Crippen molar-refractivity contribution in [3.05, 3.63) is 93.6 Å². The Morgan fingerprint density at radius 2 is 1.80 bits per heavy atom. The lowest BCUT2D eigenvalue weighted by molar-refractivity contribution is -0.136. The molecule has 0 radical (unpaired) electrons. The molecule has 0 aliphatic heterocycles. The summed E-state index contributed by atoms with van der Waals surface area (Å²) in [5, 5.41) is 11.0. The SMILES string of the molecule is Cc1cc2nc(-c3cccc(-c4cnc(=O)n(C)c4)c3)sc2c(-c2ccc(Cl)cc2)c1CC(=O)O. The van der Waals surface area contributed by atoms with Crippen molar-refractivity contribution in [1.29, 1.82) is 0 Å². The molecule has 6 nitrogen and oxygen atoms in total. The zero-order chi connectivity index (χ0) is 24.7. The fraction of sp³-hybridized carbons (Fsp3) is 0.111.